The molecule has 7 nitrogen and oxygen atoms in total. The first kappa shape index (κ1) is 14.0. The molecule has 0 fully saturated rings. The second kappa shape index (κ2) is 5.24. The Bertz CT molecular complexity index is 1130. The van der Waals surface area contributed by atoms with Crippen LogP contribution in [-0.2, 0) is 0 Å². The molecule has 4 aromatic rings. The van der Waals surface area contributed by atoms with Gasteiger partial charge in [-0.2, -0.15) is 0 Å². The Kier molecular flexibility index (Phi) is 3.06. The summed E-state index contributed by atoms with van der Waals surface area (Å²) in [6.45, 7) is 0. The number of rotatable bonds is 2. The number of nitrogens with zero attached hydrogens (tertiary/aromatic N) is 2. The number of fused-ring (bicyclic) bond motifs is 3. The molecular weight excluding hydrogens is 304 g/mol. The van der Waals surface area contributed by atoms with E-state index in [-0.39, 0.29) is 5.56 Å². The number of H-pyrrole nitrogens is 1. The topological polar surface area (TPSA) is 123 Å². The van der Waals surface area contributed by atoms with Gasteiger partial charge in [0, 0.05) is 22.4 Å². The summed E-state index contributed by atoms with van der Waals surface area (Å²) in [5.74, 6) is 0.415. The number of pyridine rings is 1. The molecule has 2 heterocycles. The number of hydrogen-bond donors (Lipinski definition) is 4. The highest BCUT2D eigenvalue weighted by molar-refractivity contribution is 6.03. The minimum atomic E-state index is -0.218. The zero-order valence-corrected chi connectivity index (χ0v) is 12.6. The molecule has 0 bridgehead atoms. The fraction of sp³-hybridized carbons (Fsp3) is 0. The van der Waals surface area contributed by atoms with Crippen LogP contribution in [0.15, 0.2) is 53.5 Å². The zero-order valence-electron chi connectivity index (χ0n) is 12.6. The smallest absolute Gasteiger partial charge is 0.256 e. The maximum atomic E-state index is 12.2. The van der Waals surface area contributed by atoms with Crippen molar-refractivity contribution in [3.8, 4) is 0 Å². The number of nitrogens with two attached hydrogens (primary N) is 2. The lowest BCUT2D eigenvalue weighted by Crippen LogP contribution is -2.08. The van der Waals surface area contributed by atoms with Gasteiger partial charge in [-0.05, 0) is 36.4 Å². The van der Waals surface area contributed by atoms with Gasteiger partial charge in [-0.15, -0.1) is 0 Å². The van der Waals surface area contributed by atoms with Gasteiger partial charge in [-0.1, -0.05) is 6.07 Å². The van der Waals surface area contributed by atoms with Crippen molar-refractivity contribution in [2.45, 2.75) is 0 Å². The van der Waals surface area contributed by atoms with Gasteiger partial charge in [-0.3, -0.25) is 4.79 Å². The van der Waals surface area contributed by atoms with E-state index in [4.69, 9.17) is 11.5 Å². The summed E-state index contributed by atoms with van der Waals surface area (Å²) in [6, 6.07) is 12.5. The summed E-state index contributed by atoms with van der Waals surface area (Å²) in [6.07, 6.45) is 1.58. The van der Waals surface area contributed by atoms with E-state index in [0.29, 0.717) is 33.7 Å². The molecule has 2 aromatic carbocycles. The van der Waals surface area contributed by atoms with Crippen LogP contribution in [0.4, 0.5) is 23.0 Å². The lowest BCUT2D eigenvalue weighted by Gasteiger charge is -2.08. The van der Waals surface area contributed by atoms with Crippen LogP contribution in [0.3, 0.4) is 0 Å². The first-order valence-corrected chi connectivity index (χ1v) is 7.31. The molecule has 0 unspecified atom stereocenters. The highest BCUT2D eigenvalue weighted by Gasteiger charge is 2.09. The van der Waals surface area contributed by atoms with Gasteiger partial charge >= 0.3 is 0 Å². The van der Waals surface area contributed by atoms with Crippen LogP contribution in [0.25, 0.3) is 21.8 Å². The molecule has 0 spiro atoms. The van der Waals surface area contributed by atoms with Crippen LogP contribution < -0.4 is 22.3 Å². The van der Waals surface area contributed by atoms with E-state index in [1.165, 1.54) is 0 Å². The van der Waals surface area contributed by atoms with E-state index >= 15 is 0 Å². The molecule has 0 saturated heterocycles. The molecule has 2 aromatic heterocycles. The Balaban J connectivity index is 1.89. The lowest BCUT2D eigenvalue weighted by atomic mass is 10.1. The summed E-state index contributed by atoms with van der Waals surface area (Å²) in [7, 11) is 0. The van der Waals surface area contributed by atoms with E-state index < -0.39 is 0 Å². The van der Waals surface area contributed by atoms with Crippen LogP contribution in [-0.4, -0.2) is 15.0 Å². The molecule has 24 heavy (non-hydrogen) atoms. The predicted octanol–water partition coefficient (Wildman–Crippen LogP) is 2.38. The Labute approximate surface area is 136 Å². The fourth-order valence-corrected chi connectivity index (χ4v) is 2.63. The third kappa shape index (κ3) is 2.38. The van der Waals surface area contributed by atoms with Crippen molar-refractivity contribution in [1.82, 2.24) is 15.0 Å². The number of nitrogens with one attached hydrogen (secondary N) is 2. The summed E-state index contributed by atoms with van der Waals surface area (Å²) in [5, 5.41) is 4.33. The van der Waals surface area contributed by atoms with E-state index in [1.807, 2.05) is 12.1 Å². The summed E-state index contributed by atoms with van der Waals surface area (Å²) in [5.41, 5.74) is 14.5. The van der Waals surface area contributed by atoms with Crippen LogP contribution in [0, 0.1) is 0 Å². The Morgan fingerprint density at radius 1 is 1.00 bits per heavy atom. The summed E-state index contributed by atoms with van der Waals surface area (Å²) >= 11 is 0. The van der Waals surface area contributed by atoms with Crippen molar-refractivity contribution in [3.05, 3.63) is 59.0 Å². The number of nitrogen functional groups attached to an aromatic ring is 2. The number of benzene rings is 2. The van der Waals surface area contributed by atoms with E-state index in [1.54, 1.807) is 36.5 Å². The number of aromatic amines is 1. The first-order chi connectivity index (χ1) is 11.6. The molecular formula is C17H14N6O. The molecule has 7 heteroatoms. The average molecular weight is 318 g/mol. The zero-order chi connectivity index (χ0) is 16.7. The summed E-state index contributed by atoms with van der Waals surface area (Å²) in [4.78, 5) is 23.7. The Morgan fingerprint density at radius 2 is 1.83 bits per heavy atom. The molecule has 0 aliphatic rings. The van der Waals surface area contributed by atoms with Crippen LogP contribution in [0.1, 0.15) is 0 Å². The molecule has 0 saturated carbocycles. The van der Waals surface area contributed by atoms with Gasteiger partial charge in [0.15, 0.2) is 0 Å². The molecule has 0 aliphatic carbocycles. The van der Waals surface area contributed by atoms with Gasteiger partial charge in [0.2, 0.25) is 5.95 Å². The lowest BCUT2D eigenvalue weighted by molar-refractivity contribution is 1.19. The summed E-state index contributed by atoms with van der Waals surface area (Å²) < 4.78 is 0. The van der Waals surface area contributed by atoms with Crippen molar-refractivity contribution in [2.75, 3.05) is 16.8 Å². The average Bonchev–Trinajstić information content (AvgIpc) is 2.56. The van der Waals surface area contributed by atoms with Crippen molar-refractivity contribution >= 4 is 44.8 Å². The fourth-order valence-electron chi connectivity index (χ4n) is 2.63. The molecule has 0 aliphatic heterocycles. The Hall–Kier alpha value is -3.61. The number of hydrogen-bond acceptors (Lipinski definition) is 6. The molecule has 6 N–H and O–H groups in total. The van der Waals surface area contributed by atoms with E-state index in [2.05, 4.69) is 20.3 Å². The number of aromatic nitrogens is 3. The molecule has 4 rings (SSSR count). The van der Waals surface area contributed by atoms with Crippen LogP contribution >= 0.6 is 0 Å². The van der Waals surface area contributed by atoms with Gasteiger partial charge < -0.3 is 21.8 Å². The van der Waals surface area contributed by atoms with E-state index in [0.717, 1.165) is 11.1 Å². The minimum absolute atomic E-state index is 0.218. The second-order valence-electron chi connectivity index (χ2n) is 5.47. The number of anilines is 4. The Morgan fingerprint density at radius 3 is 2.67 bits per heavy atom. The van der Waals surface area contributed by atoms with Gasteiger partial charge in [0.1, 0.15) is 5.52 Å². The van der Waals surface area contributed by atoms with Crippen LogP contribution in [0.5, 0.6) is 0 Å². The minimum Gasteiger partial charge on any atom is -0.399 e. The van der Waals surface area contributed by atoms with Crippen molar-refractivity contribution in [3.63, 3.8) is 0 Å². The first-order valence-electron chi connectivity index (χ1n) is 7.31. The van der Waals surface area contributed by atoms with Crippen molar-refractivity contribution in [2.24, 2.45) is 0 Å². The molecule has 0 atom stereocenters. The van der Waals surface area contributed by atoms with Gasteiger partial charge in [0.25, 0.3) is 5.56 Å². The van der Waals surface area contributed by atoms with Gasteiger partial charge in [-0.25, -0.2) is 9.97 Å². The highest BCUT2D eigenvalue weighted by Crippen LogP contribution is 2.23. The van der Waals surface area contributed by atoms with Crippen LogP contribution in [0.2, 0.25) is 0 Å². The maximum Gasteiger partial charge on any atom is 0.256 e. The van der Waals surface area contributed by atoms with Crippen molar-refractivity contribution < 1.29 is 0 Å². The van der Waals surface area contributed by atoms with Gasteiger partial charge in [0.05, 0.1) is 17.1 Å². The predicted molar refractivity (Wildman–Crippen MR) is 96.2 cm³/mol. The molecule has 0 amide bonds. The molecule has 0 radical (unpaired) electrons. The second-order valence-corrected chi connectivity index (χ2v) is 5.47. The quantitative estimate of drug-likeness (QED) is 0.332. The van der Waals surface area contributed by atoms with Crippen molar-refractivity contribution in [1.29, 1.82) is 0 Å². The third-order valence-electron chi connectivity index (χ3n) is 3.72. The third-order valence-corrected chi connectivity index (χ3v) is 3.72. The monoisotopic (exact) mass is 318 g/mol. The maximum absolute atomic E-state index is 12.2. The SMILES string of the molecule is Nc1cccc(Nc2ncc3[nH]c(=O)c4cc(N)ccc4c3n2)c1. The molecule has 118 valence electrons. The normalized spacial score (nSPS) is 11.0. The largest absolute Gasteiger partial charge is 0.399 e. The van der Waals surface area contributed by atoms with E-state index in [9.17, 15) is 4.79 Å². The standard InChI is InChI=1S/C17H14N6O/c18-9-2-1-3-11(6-9)21-17-20-8-14-15(23-17)12-5-4-10(19)7-13(12)16(24)22-14/h1-8H,18-19H2,(H,22,24)(H,20,21,23). The highest BCUT2D eigenvalue weighted by atomic mass is 16.1.